The average Bonchev–Trinajstić information content (AvgIpc) is 2.97. The highest BCUT2D eigenvalue weighted by molar-refractivity contribution is 5.99. The predicted octanol–water partition coefficient (Wildman–Crippen LogP) is 2.48. The van der Waals surface area contributed by atoms with Gasteiger partial charge in [-0.2, -0.15) is 0 Å². The topological polar surface area (TPSA) is 64.8 Å². The molecule has 0 aliphatic carbocycles. The fourth-order valence-corrected chi connectivity index (χ4v) is 3.14. The molecule has 0 bridgehead atoms. The van der Waals surface area contributed by atoms with E-state index in [4.69, 9.17) is 15.2 Å². The van der Waals surface area contributed by atoms with Crippen molar-refractivity contribution in [3.63, 3.8) is 0 Å². The zero-order chi connectivity index (χ0) is 16.4. The number of nitrogens with zero attached hydrogens (tertiary/aromatic N) is 1. The van der Waals surface area contributed by atoms with Gasteiger partial charge in [-0.05, 0) is 37.4 Å². The Hall–Kier alpha value is -1.72. The van der Waals surface area contributed by atoms with Crippen LogP contribution in [-0.4, -0.2) is 43.7 Å². The van der Waals surface area contributed by atoms with Gasteiger partial charge in [0, 0.05) is 18.7 Å². The standard InChI is InChI=1S/C18H24N2O3.ClH/c1-3-22-15-6-4-5-13-9-14(10-23-16(13)15)17(21)20-8-7-18(2,11-19)12-20;/h4-6,9H,3,7-8,10-12,19H2,1-2H3;1H. The Morgan fingerprint density at radius 3 is 2.92 bits per heavy atom. The normalized spacial score (nSPS) is 22.1. The Labute approximate surface area is 149 Å². The minimum absolute atomic E-state index is 0. The van der Waals surface area contributed by atoms with Crippen LogP contribution in [0.25, 0.3) is 6.08 Å². The zero-order valence-corrected chi connectivity index (χ0v) is 15.0. The number of hydrogen-bond acceptors (Lipinski definition) is 4. The van der Waals surface area contributed by atoms with Crippen LogP contribution in [0.15, 0.2) is 23.8 Å². The Kier molecular flexibility index (Phi) is 5.78. The molecule has 6 heteroatoms. The molecule has 2 N–H and O–H groups in total. The summed E-state index contributed by atoms with van der Waals surface area (Å²) in [5, 5.41) is 0. The summed E-state index contributed by atoms with van der Waals surface area (Å²) in [6.07, 6.45) is 2.87. The first-order valence-corrected chi connectivity index (χ1v) is 8.15. The molecule has 132 valence electrons. The second-order valence-electron chi connectivity index (χ2n) is 6.56. The number of carbonyl (C=O) groups excluding carboxylic acids is 1. The molecule has 3 rings (SSSR count). The van der Waals surface area contributed by atoms with Crippen LogP contribution in [-0.2, 0) is 4.79 Å². The molecule has 1 atom stereocenters. The van der Waals surface area contributed by atoms with Gasteiger partial charge in [0.1, 0.15) is 6.61 Å². The number of benzene rings is 1. The summed E-state index contributed by atoms with van der Waals surface area (Å²) >= 11 is 0. The molecule has 0 saturated carbocycles. The molecule has 1 aromatic carbocycles. The van der Waals surface area contributed by atoms with E-state index in [1.165, 1.54) is 0 Å². The van der Waals surface area contributed by atoms with Crippen LogP contribution in [0.1, 0.15) is 25.8 Å². The zero-order valence-electron chi connectivity index (χ0n) is 14.2. The number of hydrogen-bond donors (Lipinski definition) is 1. The third kappa shape index (κ3) is 3.52. The van der Waals surface area contributed by atoms with Crippen LogP contribution in [0.5, 0.6) is 11.5 Å². The molecular formula is C18H25ClN2O3. The molecule has 5 nitrogen and oxygen atoms in total. The van der Waals surface area contributed by atoms with Crippen LogP contribution in [0.4, 0.5) is 0 Å². The molecule has 0 radical (unpaired) electrons. The molecule has 0 spiro atoms. The number of likely N-dealkylation sites (tertiary alicyclic amines) is 1. The van der Waals surface area contributed by atoms with Gasteiger partial charge in [0.15, 0.2) is 11.5 Å². The second-order valence-corrected chi connectivity index (χ2v) is 6.56. The lowest BCUT2D eigenvalue weighted by Crippen LogP contribution is -2.36. The number of nitrogens with two attached hydrogens (primary N) is 1. The smallest absolute Gasteiger partial charge is 0.253 e. The molecule has 1 amide bonds. The number of halogens is 1. The highest BCUT2D eigenvalue weighted by atomic mass is 35.5. The number of fused-ring (bicyclic) bond motifs is 1. The molecule has 0 aromatic heterocycles. The minimum atomic E-state index is 0. The van der Waals surface area contributed by atoms with Crippen LogP contribution in [0, 0.1) is 5.41 Å². The summed E-state index contributed by atoms with van der Waals surface area (Å²) in [4.78, 5) is 14.6. The maximum atomic E-state index is 12.7. The number of amides is 1. The highest BCUT2D eigenvalue weighted by Gasteiger charge is 2.36. The monoisotopic (exact) mass is 352 g/mol. The summed E-state index contributed by atoms with van der Waals surface area (Å²) in [7, 11) is 0. The number of rotatable bonds is 4. The maximum absolute atomic E-state index is 12.7. The van der Waals surface area contributed by atoms with Gasteiger partial charge in [0.05, 0.1) is 12.2 Å². The molecule has 1 aromatic rings. The van der Waals surface area contributed by atoms with E-state index < -0.39 is 0 Å². The van der Waals surface area contributed by atoms with E-state index >= 15 is 0 Å². The van der Waals surface area contributed by atoms with Crippen molar-refractivity contribution in [1.82, 2.24) is 4.90 Å². The second kappa shape index (κ2) is 7.45. The Morgan fingerprint density at radius 1 is 1.46 bits per heavy atom. The van der Waals surface area contributed by atoms with E-state index in [9.17, 15) is 4.79 Å². The van der Waals surface area contributed by atoms with Crippen molar-refractivity contribution >= 4 is 24.4 Å². The summed E-state index contributed by atoms with van der Waals surface area (Å²) in [6.45, 7) is 7.02. The summed E-state index contributed by atoms with van der Waals surface area (Å²) in [6, 6.07) is 5.74. The SMILES string of the molecule is CCOc1cccc2c1OCC(C(=O)N1CCC(C)(CN)C1)=C2.Cl. The summed E-state index contributed by atoms with van der Waals surface area (Å²) in [5.41, 5.74) is 7.44. The van der Waals surface area contributed by atoms with Gasteiger partial charge in [0.25, 0.3) is 5.91 Å². The molecule has 1 unspecified atom stereocenters. The van der Waals surface area contributed by atoms with E-state index in [-0.39, 0.29) is 30.3 Å². The van der Waals surface area contributed by atoms with Crippen molar-refractivity contribution in [3.05, 3.63) is 29.3 Å². The van der Waals surface area contributed by atoms with Crippen LogP contribution in [0.3, 0.4) is 0 Å². The van der Waals surface area contributed by atoms with Crippen molar-refractivity contribution in [2.75, 3.05) is 32.8 Å². The van der Waals surface area contributed by atoms with E-state index in [1.54, 1.807) is 0 Å². The molecule has 24 heavy (non-hydrogen) atoms. The highest BCUT2D eigenvalue weighted by Crippen LogP contribution is 2.37. The summed E-state index contributed by atoms with van der Waals surface area (Å²) < 4.78 is 11.4. The Balaban J connectivity index is 0.00000208. The van der Waals surface area contributed by atoms with Crippen molar-refractivity contribution in [2.45, 2.75) is 20.3 Å². The lowest BCUT2D eigenvalue weighted by Gasteiger charge is -2.25. The first-order valence-electron chi connectivity index (χ1n) is 8.15. The molecule has 2 aliphatic rings. The van der Waals surface area contributed by atoms with Crippen molar-refractivity contribution < 1.29 is 14.3 Å². The number of para-hydroxylation sites is 1. The third-order valence-electron chi connectivity index (χ3n) is 4.62. The van der Waals surface area contributed by atoms with E-state index in [2.05, 4.69) is 6.92 Å². The number of carbonyl (C=O) groups is 1. The largest absolute Gasteiger partial charge is 0.490 e. The lowest BCUT2D eigenvalue weighted by molar-refractivity contribution is -0.126. The van der Waals surface area contributed by atoms with Gasteiger partial charge in [-0.1, -0.05) is 19.1 Å². The van der Waals surface area contributed by atoms with E-state index in [0.29, 0.717) is 25.3 Å². The fourth-order valence-electron chi connectivity index (χ4n) is 3.14. The molecule has 1 saturated heterocycles. The molecule has 1 fully saturated rings. The molecule has 2 heterocycles. The predicted molar refractivity (Wildman–Crippen MR) is 96.7 cm³/mol. The van der Waals surface area contributed by atoms with Crippen molar-refractivity contribution in [2.24, 2.45) is 11.1 Å². The van der Waals surface area contributed by atoms with Crippen molar-refractivity contribution in [3.8, 4) is 11.5 Å². The van der Waals surface area contributed by atoms with Gasteiger partial charge >= 0.3 is 0 Å². The first-order chi connectivity index (χ1) is 11.1. The minimum Gasteiger partial charge on any atom is -0.490 e. The van der Waals surface area contributed by atoms with Gasteiger partial charge in [-0.25, -0.2) is 0 Å². The van der Waals surface area contributed by atoms with Gasteiger partial charge in [-0.3, -0.25) is 4.79 Å². The van der Waals surface area contributed by atoms with Crippen LogP contribution < -0.4 is 15.2 Å². The summed E-state index contributed by atoms with van der Waals surface area (Å²) in [5.74, 6) is 1.50. The van der Waals surface area contributed by atoms with Crippen LogP contribution in [0.2, 0.25) is 0 Å². The van der Waals surface area contributed by atoms with Gasteiger partial charge in [0.2, 0.25) is 0 Å². The Bertz CT molecular complexity index is 647. The number of ether oxygens (including phenoxy) is 2. The van der Waals surface area contributed by atoms with E-state index in [0.717, 1.165) is 30.0 Å². The first kappa shape index (κ1) is 18.6. The molecular weight excluding hydrogens is 328 g/mol. The average molecular weight is 353 g/mol. The van der Waals surface area contributed by atoms with E-state index in [1.807, 2.05) is 36.1 Å². The third-order valence-corrected chi connectivity index (χ3v) is 4.62. The maximum Gasteiger partial charge on any atom is 0.253 e. The van der Waals surface area contributed by atoms with Crippen LogP contribution >= 0.6 is 12.4 Å². The molecule has 2 aliphatic heterocycles. The Morgan fingerprint density at radius 2 is 2.25 bits per heavy atom. The van der Waals surface area contributed by atoms with Gasteiger partial charge in [-0.15, -0.1) is 12.4 Å². The van der Waals surface area contributed by atoms with Crippen molar-refractivity contribution in [1.29, 1.82) is 0 Å². The fraction of sp³-hybridized carbons (Fsp3) is 0.500. The quantitative estimate of drug-likeness (QED) is 0.904. The van der Waals surface area contributed by atoms with Gasteiger partial charge < -0.3 is 20.1 Å². The lowest BCUT2D eigenvalue weighted by atomic mass is 9.90.